The van der Waals surface area contributed by atoms with Crippen LogP contribution in [-0.4, -0.2) is 115 Å². The van der Waals surface area contributed by atoms with E-state index in [9.17, 15) is 9.59 Å². The summed E-state index contributed by atoms with van der Waals surface area (Å²) in [7, 11) is 3.05. The molecule has 34 heavy (non-hydrogen) atoms. The number of benzene rings is 1. The molecule has 0 saturated carbocycles. The number of hydrogen-bond donors (Lipinski definition) is 0. The van der Waals surface area contributed by atoms with Crippen LogP contribution >= 0.6 is 0 Å². The molecule has 2 amide bonds. The molecule has 0 unspecified atom stereocenters. The van der Waals surface area contributed by atoms with Crippen LogP contribution < -0.4 is 9.47 Å². The van der Waals surface area contributed by atoms with E-state index in [1.54, 1.807) is 28.0 Å². The minimum absolute atomic E-state index is 0.198. The van der Waals surface area contributed by atoms with Crippen molar-refractivity contribution in [3.05, 3.63) is 23.8 Å². The molecule has 190 valence electrons. The van der Waals surface area contributed by atoms with Crippen molar-refractivity contribution in [2.75, 3.05) is 93.3 Å². The summed E-state index contributed by atoms with van der Waals surface area (Å²) in [5.41, 5.74) is 0.684. The second kappa shape index (κ2) is 14.1. The van der Waals surface area contributed by atoms with Gasteiger partial charge in [-0.2, -0.15) is 0 Å². The molecular weight excluding hydrogens is 448 g/mol. The Bertz CT molecular complexity index is 788. The van der Waals surface area contributed by atoms with Crippen molar-refractivity contribution in [2.45, 2.75) is 6.29 Å². The fourth-order valence-electron chi connectivity index (χ4n) is 3.58. The predicted octanol–water partition coefficient (Wildman–Crippen LogP) is 0.470. The summed E-state index contributed by atoms with van der Waals surface area (Å²) in [5, 5.41) is 0. The summed E-state index contributed by atoms with van der Waals surface area (Å²) in [6, 6.07) is 5.12. The number of fused-ring (bicyclic) bond motifs is 7. The third-order valence-corrected chi connectivity index (χ3v) is 5.47. The quantitative estimate of drug-likeness (QED) is 0.449. The van der Waals surface area contributed by atoms with Crippen molar-refractivity contribution in [1.29, 1.82) is 0 Å². The van der Waals surface area contributed by atoms with Crippen LogP contribution in [0.2, 0.25) is 0 Å². The smallest absolute Gasteiger partial charge is 0.260 e. The molecule has 0 N–H and O–H groups in total. The number of hydrogen-bond acceptors (Lipinski definition) is 9. The number of carbonyl (C=O) groups is 2. The van der Waals surface area contributed by atoms with Crippen LogP contribution in [0, 0.1) is 0 Å². The van der Waals surface area contributed by atoms with E-state index in [1.807, 2.05) is 0 Å². The lowest BCUT2D eigenvalue weighted by atomic mass is 10.2. The van der Waals surface area contributed by atoms with Gasteiger partial charge in [-0.05, 0) is 12.1 Å². The summed E-state index contributed by atoms with van der Waals surface area (Å²) in [6.45, 7) is 3.40. The lowest BCUT2D eigenvalue weighted by Crippen LogP contribution is -2.40. The van der Waals surface area contributed by atoms with Gasteiger partial charge in [-0.15, -0.1) is 0 Å². The first kappa shape index (κ1) is 26.2. The molecule has 11 nitrogen and oxygen atoms in total. The van der Waals surface area contributed by atoms with Gasteiger partial charge in [0.1, 0.15) is 0 Å². The van der Waals surface area contributed by atoms with Crippen molar-refractivity contribution in [2.24, 2.45) is 0 Å². The van der Waals surface area contributed by atoms with Gasteiger partial charge in [-0.25, -0.2) is 0 Å². The number of carbonyl (C=O) groups excluding carboxylic acids is 2. The third kappa shape index (κ3) is 7.81. The van der Waals surface area contributed by atoms with Gasteiger partial charge >= 0.3 is 0 Å². The molecular formula is C23H34N2O9. The molecule has 1 fully saturated rings. The van der Waals surface area contributed by atoms with Gasteiger partial charge in [0, 0.05) is 46.0 Å². The van der Waals surface area contributed by atoms with Crippen LogP contribution in [0.25, 0.3) is 0 Å². The van der Waals surface area contributed by atoms with E-state index in [0.29, 0.717) is 82.9 Å². The molecule has 2 heterocycles. The van der Waals surface area contributed by atoms with E-state index < -0.39 is 6.29 Å². The monoisotopic (exact) mass is 482 g/mol. The van der Waals surface area contributed by atoms with Crippen LogP contribution in [0.4, 0.5) is 0 Å². The summed E-state index contributed by atoms with van der Waals surface area (Å²) in [5.74, 6) is 0.235. The van der Waals surface area contributed by atoms with Crippen molar-refractivity contribution in [1.82, 2.24) is 9.80 Å². The van der Waals surface area contributed by atoms with Gasteiger partial charge in [0.15, 0.2) is 31.0 Å². The lowest BCUT2D eigenvalue weighted by Gasteiger charge is -2.23. The normalized spacial score (nSPS) is 19.9. The number of methoxy groups -OCH3 is 2. The molecule has 11 heteroatoms. The number of rotatable bonds is 3. The molecule has 1 aromatic rings. The summed E-state index contributed by atoms with van der Waals surface area (Å²) in [6.07, 6.45) is -0.616. The van der Waals surface area contributed by atoms with Crippen molar-refractivity contribution >= 4 is 11.8 Å². The second-order valence-electron chi connectivity index (χ2n) is 7.69. The zero-order chi connectivity index (χ0) is 24.2. The highest BCUT2D eigenvalue weighted by molar-refractivity contribution is 5.78. The van der Waals surface area contributed by atoms with Gasteiger partial charge in [-0.1, -0.05) is 6.07 Å². The Hall–Kier alpha value is -2.44. The summed E-state index contributed by atoms with van der Waals surface area (Å²) in [4.78, 5) is 29.1. The average Bonchev–Trinajstić information content (AvgIpc) is 2.86. The lowest BCUT2D eigenvalue weighted by molar-refractivity contribution is -0.135. The van der Waals surface area contributed by atoms with E-state index >= 15 is 0 Å². The second-order valence-corrected chi connectivity index (χ2v) is 7.69. The van der Waals surface area contributed by atoms with E-state index in [-0.39, 0.29) is 25.0 Å². The number of amides is 2. The molecule has 0 spiro atoms. The molecule has 1 aromatic carbocycles. The maximum atomic E-state index is 12.9. The maximum Gasteiger partial charge on any atom is 0.260 e. The van der Waals surface area contributed by atoms with E-state index in [2.05, 4.69) is 0 Å². The highest BCUT2D eigenvalue weighted by atomic mass is 16.7. The van der Waals surface area contributed by atoms with E-state index in [0.717, 1.165) is 0 Å². The van der Waals surface area contributed by atoms with Crippen LogP contribution in [-0.2, 0) is 33.3 Å². The SMILES string of the molecule is COC(OC)c1ccc2c(c1)OCC(=O)N1CCOCCOCCN(CCOCC1)C(=O)CO2. The first-order chi connectivity index (χ1) is 16.6. The van der Waals surface area contributed by atoms with Crippen LogP contribution in [0.15, 0.2) is 18.2 Å². The first-order valence-electron chi connectivity index (χ1n) is 11.4. The third-order valence-electron chi connectivity index (χ3n) is 5.47. The molecule has 2 aliphatic rings. The topological polar surface area (TPSA) is 105 Å². The molecule has 0 radical (unpaired) electrons. The summed E-state index contributed by atoms with van der Waals surface area (Å²) >= 11 is 0. The predicted molar refractivity (Wildman–Crippen MR) is 120 cm³/mol. The molecule has 0 atom stereocenters. The Kier molecular flexibility index (Phi) is 10.8. The van der Waals surface area contributed by atoms with Gasteiger partial charge in [0.2, 0.25) is 0 Å². The fraction of sp³-hybridized carbons (Fsp3) is 0.652. The van der Waals surface area contributed by atoms with E-state index in [4.69, 9.17) is 33.2 Å². The fourth-order valence-corrected chi connectivity index (χ4v) is 3.58. The van der Waals surface area contributed by atoms with Gasteiger partial charge in [0.25, 0.3) is 11.8 Å². The van der Waals surface area contributed by atoms with Crippen LogP contribution in [0.3, 0.4) is 0 Å². The van der Waals surface area contributed by atoms with Gasteiger partial charge < -0.3 is 43.0 Å². The van der Waals surface area contributed by atoms with Crippen molar-refractivity contribution in [3.8, 4) is 11.5 Å². The van der Waals surface area contributed by atoms with Crippen molar-refractivity contribution in [3.63, 3.8) is 0 Å². The standard InChI is InChI=1S/C23H34N2O9/c1-28-23(29-2)18-3-4-19-20(15-18)34-17-22(27)25-6-10-30-9-5-24(21(26)16-33-19)7-11-31-13-14-32-12-8-25/h3-4,15,23H,5-14,16-17H2,1-2H3. The van der Waals surface area contributed by atoms with Crippen LogP contribution in [0.5, 0.6) is 11.5 Å². The Morgan fingerprint density at radius 2 is 1.18 bits per heavy atom. The molecule has 2 aliphatic heterocycles. The number of nitrogens with zero attached hydrogens (tertiary/aromatic N) is 2. The molecule has 3 rings (SSSR count). The molecule has 0 aromatic heterocycles. The van der Waals surface area contributed by atoms with E-state index in [1.165, 1.54) is 14.2 Å². The molecule has 1 saturated heterocycles. The van der Waals surface area contributed by atoms with Gasteiger partial charge in [-0.3, -0.25) is 9.59 Å². The minimum Gasteiger partial charge on any atom is -0.480 e. The molecule has 0 aliphatic carbocycles. The highest BCUT2D eigenvalue weighted by Crippen LogP contribution is 2.32. The largest absolute Gasteiger partial charge is 0.480 e. The van der Waals surface area contributed by atoms with Crippen molar-refractivity contribution < 1.29 is 42.7 Å². The zero-order valence-electron chi connectivity index (χ0n) is 19.9. The highest BCUT2D eigenvalue weighted by Gasteiger charge is 2.21. The Labute approximate surface area is 199 Å². The number of ether oxygens (including phenoxy) is 7. The minimum atomic E-state index is -0.616. The van der Waals surface area contributed by atoms with Crippen LogP contribution in [0.1, 0.15) is 11.9 Å². The Morgan fingerprint density at radius 1 is 0.706 bits per heavy atom. The Morgan fingerprint density at radius 3 is 1.68 bits per heavy atom. The first-order valence-corrected chi connectivity index (χ1v) is 11.4. The maximum absolute atomic E-state index is 12.9. The molecule has 2 bridgehead atoms. The Balaban J connectivity index is 1.88. The summed E-state index contributed by atoms with van der Waals surface area (Å²) < 4.78 is 39.2. The van der Waals surface area contributed by atoms with Gasteiger partial charge in [0.05, 0.1) is 39.6 Å². The average molecular weight is 483 g/mol. The zero-order valence-corrected chi connectivity index (χ0v) is 19.9.